The van der Waals surface area contributed by atoms with E-state index in [1.165, 1.54) is 16.7 Å². The van der Waals surface area contributed by atoms with Gasteiger partial charge in [0, 0.05) is 5.75 Å². The molecule has 0 unspecified atom stereocenters. The molecular formula is C21H24N2OS. The number of amides is 1. The summed E-state index contributed by atoms with van der Waals surface area (Å²) in [6.07, 6.45) is 0. The Labute approximate surface area is 154 Å². The van der Waals surface area contributed by atoms with E-state index >= 15 is 0 Å². The van der Waals surface area contributed by atoms with Crippen LogP contribution in [0.5, 0.6) is 0 Å². The molecule has 1 aliphatic heterocycles. The maximum atomic E-state index is 12.9. The van der Waals surface area contributed by atoms with Crippen molar-refractivity contribution in [3.63, 3.8) is 0 Å². The molecule has 0 spiro atoms. The van der Waals surface area contributed by atoms with E-state index in [9.17, 15) is 4.79 Å². The third-order valence-electron chi connectivity index (χ3n) is 4.33. The standard InChI is InChI=1S/C21H24N2OS/c1-14(2)19-20(24)23(18-11-7-16(4)8-12-18)21(22-19)25-13-17-9-5-15(3)6-10-17/h5-12,14,19H,13H2,1-4H3/t19-/m1/s1. The second-order valence-electron chi connectivity index (χ2n) is 6.88. The van der Waals surface area contributed by atoms with Gasteiger partial charge in [0.2, 0.25) is 0 Å². The van der Waals surface area contributed by atoms with Crippen molar-refractivity contribution in [3.8, 4) is 0 Å². The van der Waals surface area contributed by atoms with Crippen LogP contribution in [0.25, 0.3) is 0 Å². The minimum absolute atomic E-state index is 0.0743. The first-order valence-electron chi connectivity index (χ1n) is 8.62. The van der Waals surface area contributed by atoms with Crippen LogP contribution in [0.3, 0.4) is 0 Å². The first-order chi connectivity index (χ1) is 12.0. The molecule has 0 aromatic heterocycles. The van der Waals surface area contributed by atoms with Crippen LogP contribution in [0.2, 0.25) is 0 Å². The topological polar surface area (TPSA) is 32.7 Å². The summed E-state index contributed by atoms with van der Waals surface area (Å²) >= 11 is 1.63. The zero-order valence-corrected chi connectivity index (χ0v) is 16.0. The SMILES string of the molecule is Cc1ccc(CSC2=N[C@H](C(C)C)C(=O)N2c2ccc(C)cc2)cc1. The maximum absolute atomic E-state index is 12.9. The molecule has 25 heavy (non-hydrogen) atoms. The monoisotopic (exact) mass is 352 g/mol. The van der Waals surface area contributed by atoms with Crippen molar-refractivity contribution < 1.29 is 4.79 Å². The largest absolute Gasteiger partial charge is 0.272 e. The van der Waals surface area contributed by atoms with Gasteiger partial charge in [-0.05, 0) is 37.5 Å². The highest BCUT2D eigenvalue weighted by atomic mass is 32.2. The molecule has 0 fully saturated rings. The van der Waals surface area contributed by atoms with E-state index in [1.54, 1.807) is 16.7 Å². The van der Waals surface area contributed by atoms with E-state index in [2.05, 4.69) is 31.2 Å². The summed E-state index contributed by atoms with van der Waals surface area (Å²) in [5.74, 6) is 1.07. The highest BCUT2D eigenvalue weighted by Gasteiger charge is 2.37. The molecule has 4 heteroatoms. The van der Waals surface area contributed by atoms with Crippen LogP contribution in [0.1, 0.15) is 30.5 Å². The lowest BCUT2D eigenvalue weighted by atomic mass is 10.0. The average molecular weight is 353 g/mol. The van der Waals surface area contributed by atoms with Crippen molar-refractivity contribution in [2.24, 2.45) is 10.9 Å². The van der Waals surface area contributed by atoms with Crippen LogP contribution in [0.4, 0.5) is 5.69 Å². The van der Waals surface area contributed by atoms with Gasteiger partial charge in [0.1, 0.15) is 6.04 Å². The van der Waals surface area contributed by atoms with E-state index in [0.717, 1.165) is 16.6 Å². The normalized spacial score (nSPS) is 17.3. The lowest BCUT2D eigenvalue weighted by Gasteiger charge is -2.20. The first kappa shape index (κ1) is 17.7. The number of benzene rings is 2. The Morgan fingerprint density at radius 3 is 2.12 bits per heavy atom. The van der Waals surface area contributed by atoms with Gasteiger partial charge in [-0.1, -0.05) is 73.1 Å². The van der Waals surface area contributed by atoms with Crippen LogP contribution in [-0.2, 0) is 10.5 Å². The molecule has 1 amide bonds. The van der Waals surface area contributed by atoms with Gasteiger partial charge >= 0.3 is 0 Å². The van der Waals surface area contributed by atoms with E-state index in [0.29, 0.717) is 0 Å². The van der Waals surface area contributed by atoms with E-state index in [1.807, 2.05) is 45.0 Å². The molecule has 2 aromatic rings. The number of aryl methyl sites for hydroxylation is 2. The second kappa shape index (κ2) is 7.44. The number of amidine groups is 1. The van der Waals surface area contributed by atoms with Crippen LogP contribution in [0.15, 0.2) is 53.5 Å². The quantitative estimate of drug-likeness (QED) is 0.779. The third-order valence-corrected chi connectivity index (χ3v) is 5.35. The Balaban J connectivity index is 1.84. The molecule has 2 aromatic carbocycles. The van der Waals surface area contributed by atoms with Gasteiger partial charge in [0.05, 0.1) is 5.69 Å². The predicted octanol–water partition coefficient (Wildman–Crippen LogP) is 4.96. The minimum Gasteiger partial charge on any atom is -0.272 e. The number of rotatable bonds is 4. The fourth-order valence-electron chi connectivity index (χ4n) is 2.76. The van der Waals surface area contributed by atoms with Gasteiger partial charge in [0.15, 0.2) is 5.17 Å². The molecule has 0 saturated carbocycles. The number of carbonyl (C=O) groups is 1. The summed E-state index contributed by atoms with van der Waals surface area (Å²) in [6.45, 7) is 8.23. The fourth-order valence-corrected chi connectivity index (χ4v) is 3.76. The molecule has 1 heterocycles. The smallest absolute Gasteiger partial charge is 0.258 e. The molecule has 0 aliphatic carbocycles. The summed E-state index contributed by atoms with van der Waals surface area (Å²) in [5.41, 5.74) is 4.57. The van der Waals surface area contributed by atoms with Gasteiger partial charge in [0.25, 0.3) is 5.91 Å². The first-order valence-corrected chi connectivity index (χ1v) is 9.61. The molecule has 0 saturated heterocycles. The number of thioether (sulfide) groups is 1. The number of hydrogen-bond donors (Lipinski definition) is 0. The van der Waals surface area contributed by atoms with Crippen molar-refractivity contribution in [2.45, 2.75) is 39.5 Å². The van der Waals surface area contributed by atoms with Crippen LogP contribution in [-0.4, -0.2) is 17.1 Å². The summed E-state index contributed by atoms with van der Waals surface area (Å²) in [5, 5.41) is 0.799. The van der Waals surface area contributed by atoms with Crippen molar-refractivity contribution in [1.82, 2.24) is 0 Å². The van der Waals surface area contributed by atoms with Crippen molar-refractivity contribution >= 4 is 28.5 Å². The predicted molar refractivity (Wildman–Crippen MR) is 107 cm³/mol. The summed E-state index contributed by atoms with van der Waals surface area (Å²) < 4.78 is 0. The molecule has 1 atom stereocenters. The van der Waals surface area contributed by atoms with E-state index < -0.39 is 0 Å². The summed E-state index contributed by atoms with van der Waals surface area (Å²) in [4.78, 5) is 19.4. The van der Waals surface area contributed by atoms with Crippen LogP contribution in [0, 0.1) is 19.8 Å². The highest BCUT2D eigenvalue weighted by molar-refractivity contribution is 8.13. The number of nitrogens with zero attached hydrogens (tertiary/aromatic N) is 2. The molecular weight excluding hydrogens is 328 g/mol. The molecule has 130 valence electrons. The zero-order chi connectivity index (χ0) is 18.0. The summed E-state index contributed by atoms with van der Waals surface area (Å²) in [6, 6.07) is 16.3. The van der Waals surface area contributed by atoms with Crippen molar-refractivity contribution in [1.29, 1.82) is 0 Å². The number of hydrogen-bond acceptors (Lipinski definition) is 3. The van der Waals surface area contributed by atoms with Gasteiger partial charge in [-0.3, -0.25) is 9.69 Å². The van der Waals surface area contributed by atoms with E-state index in [-0.39, 0.29) is 17.9 Å². The van der Waals surface area contributed by atoms with Crippen LogP contribution < -0.4 is 4.90 Å². The Kier molecular flexibility index (Phi) is 5.28. The van der Waals surface area contributed by atoms with E-state index in [4.69, 9.17) is 4.99 Å². The number of anilines is 1. The third kappa shape index (κ3) is 3.96. The lowest BCUT2D eigenvalue weighted by Crippen LogP contribution is -2.36. The Morgan fingerprint density at radius 2 is 1.56 bits per heavy atom. The Morgan fingerprint density at radius 1 is 1.00 bits per heavy atom. The van der Waals surface area contributed by atoms with Gasteiger partial charge in [-0.2, -0.15) is 0 Å². The van der Waals surface area contributed by atoms with Crippen molar-refractivity contribution in [3.05, 3.63) is 65.2 Å². The van der Waals surface area contributed by atoms with Crippen molar-refractivity contribution in [2.75, 3.05) is 4.90 Å². The maximum Gasteiger partial charge on any atom is 0.258 e. The van der Waals surface area contributed by atoms with Gasteiger partial charge in [-0.15, -0.1) is 0 Å². The van der Waals surface area contributed by atoms with Gasteiger partial charge < -0.3 is 0 Å². The molecule has 1 aliphatic rings. The minimum atomic E-state index is -0.290. The second-order valence-corrected chi connectivity index (χ2v) is 7.83. The molecule has 0 bridgehead atoms. The lowest BCUT2D eigenvalue weighted by molar-refractivity contribution is -0.118. The van der Waals surface area contributed by atoms with Crippen LogP contribution >= 0.6 is 11.8 Å². The molecule has 3 nitrogen and oxygen atoms in total. The number of carbonyl (C=O) groups excluding carboxylic acids is 1. The average Bonchev–Trinajstić information content (AvgIpc) is 2.92. The molecule has 0 radical (unpaired) electrons. The summed E-state index contributed by atoms with van der Waals surface area (Å²) in [7, 11) is 0. The Hall–Kier alpha value is -2.07. The zero-order valence-electron chi connectivity index (χ0n) is 15.2. The van der Waals surface area contributed by atoms with Gasteiger partial charge in [-0.25, -0.2) is 4.99 Å². The molecule has 0 N–H and O–H groups in total. The molecule has 3 rings (SSSR count). The Bertz CT molecular complexity index is 779. The fraction of sp³-hybridized carbons (Fsp3) is 0.333. The number of aliphatic imine (C=N–C) groups is 1. The highest BCUT2D eigenvalue weighted by Crippen LogP contribution is 2.30.